The van der Waals surface area contributed by atoms with Crippen molar-refractivity contribution in [3.8, 4) is 11.5 Å². The number of hydrogen-bond donors (Lipinski definition) is 1. The second-order valence-electron chi connectivity index (χ2n) is 6.79. The summed E-state index contributed by atoms with van der Waals surface area (Å²) in [5, 5.41) is 2.83. The van der Waals surface area contributed by atoms with Crippen LogP contribution in [0.2, 0.25) is 0 Å². The fourth-order valence-corrected chi connectivity index (χ4v) is 3.50. The quantitative estimate of drug-likeness (QED) is 0.377. The lowest BCUT2D eigenvalue weighted by molar-refractivity contribution is -0.111. The van der Waals surface area contributed by atoms with Gasteiger partial charge < -0.3 is 14.8 Å². The number of rotatable bonds is 8. The standard InChI is InChI=1S/C25H23BrFNO3/c1-3-17-8-11-20(12-9-17)28-24(29)13-10-18-14-21(26)25(23(15-18)30-2)31-16-19-6-4-5-7-22(19)27/h4-15H,3,16H2,1-2H3,(H,28,29)/b13-10+. The zero-order valence-electron chi connectivity index (χ0n) is 17.3. The Hall–Kier alpha value is -3.12. The molecule has 31 heavy (non-hydrogen) atoms. The molecule has 3 aromatic carbocycles. The van der Waals surface area contributed by atoms with E-state index in [0.717, 1.165) is 17.7 Å². The molecular formula is C25H23BrFNO3. The molecule has 0 saturated carbocycles. The highest BCUT2D eigenvalue weighted by Crippen LogP contribution is 2.37. The van der Waals surface area contributed by atoms with E-state index in [1.165, 1.54) is 24.8 Å². The molecule has 0 atom stereocenters. The number of amides is 1. The number of methoxy groups -OCH3 is 1. The second-order valence-corrected chi connectivity index (χ2v) is 7.64. The molecule has 1 N–H and O–H groups in total. The van der Waals surface area contributed by atoms with E-state index in [1.807, 2.05) is 24.3 Å². The first-order valence-corrected chi connectivity index (χ1v) is 10.6. The fourth-order valence-electron chi connectivity index (χ4n) is 2.92. The van der Waals surface area contributed by atoms with Crippen LogP contribution in [0.25, 0.3) is 6.08 Å². The summed E-state index contributed by atoms with van der Waals surface area (Å²) in [5.74, 6) is 0.371. The maximum atomic E-state index is 13.8. The molecule has 0 aromatic heterocycles. The molecule has 0 radical (unpaired) electrons. The normalized spacial score (nSPS) is 10.8. The van der Waals surface area contributed by atoms with E-state index in [0.29, 0.717) is 21.5 Å². The second kappa shape index (κ2) is 10.8. The summed E-state index contributed by atoms with van der Waals surface area (Å²) in [7, 11) is 1.53. The maximum Gasteiger partial charge on any atom is 0.248 e. The minimum absolute atomic E-state index is 0.0655. The predicted octanol–water partition coefficient (Wildman–Crippen LogP) is 6.39. The molecule has 0 unspecified atom stereocenters. The highest BCUT2D eigenvalue weighted by molar-refractivity contribution is 9.10. The van der Waals surface area contributed by atoms with E-state index in [1.54, 1.807) is 36.4 Å². The summed E-state index contributed by atoms with van der Waals surface area (Å²) in [6.45, 7) is 2.15. The molecule has 0 heterocycles. The van der Waals surface area contributed by atoms with Crippen molar-refractivity contribution in [2.75, 3.05) is 12.4 Å². The topological polar surface area (TPSA) is 47.6 Å². The van der Waals surface area contributed by atoms with E-state index in [-0.39, 0.29) is 18.3 Å². The molecule has 0 bridgehead atoms. The van der Waals surface area contributed by atoms with Crippen molar-refractivity contribution >= 4 is 33.6 Å². The number of carbonyl (C=O) groups is 1. The molecule has 0 aliphatic carbocycles. The number of benzene rings is 3. The Kier molecular flexibility index (Phi) is 7.84. The first-order chi connectivity index (χ1) is 15.0. The number of anilines is 1. The van der Waals surface area contributed by atoms with Gasteiger partial charge in [0.25, 0.3) is 0 Å². The molecule has 3 rings (SSSR count). The molecule has 4 nitrogen and oxygen atoms in total. The Morgan fingerprint density at radius 3 is 2.55 bits per heavy atom. The predicted molar refractivity (Wildman–Crippen MR) is 125 cm³/mol. The van der Waals surface area contributed by atoms with E-state index in [4.69, 9.17) is 9.47 Å². The van der Waals surface area contributed by atoms with Crippen LogP contribution >= 0.6 is 15.9 Å². The number of aryl methyl sites for hydroxylation is 1. The Balaban J connectivity index is 1.69. The van der Waals surface area contributed by atoms with Gasteiger partial charge >= 0.3 is 0 Å². The summed E-state index contributed by atoms with van der Waals surface area (Å²) in [6.07, 6.45) is 4.09. The molecule has 6 heteroatoms. The smallest absolute Gasteiger partial charge is 0.248 e. The molecule has 0 spiro atoms. The van der Waals surface area contributed by atoms with Gasteiger partial charge in [-0.05, 0) is 69.9 Å². The van der Waals surface area contributed by atoms with Gasteiger partial charge in [-0.1, -0.05) is 37.3 Å². The summed E-state index contributed by atoms with van der Waals surface area (Å²) in [5.41, 5.74) is 3.15. The van der Waals surface area contributed by atoms with Crippen LogP contribution in [-0.2, 0) is 17.8 Å². The van der Waals surface area contributed by atoms with Gasteiger partial charge in [-0.15, -0.1) is 0 Å². The number of hydrogen-bond acceptors (Lipinski definition) is 3. The Morgan fingerprint density at radius 2 is 1.87 bits per heavy atom. The van der Waals surface area contributed by atoms with E-state index in [2.05, 4.69) is 28.2 Å². The van der Waals surface area contributed by atoms with Gasteiger partial charge in [0.2, 0.25) is 5.91 Å². The lowest BCUT2D eigenvalue weighted by atomic mass is 10.1. The van der Waals surface area contributed by atoms with Crippen LogP contribution in [0.15, 0.2) is 71.2 Å². The van der Waals surface area contributed by atoms with Crippen LogP contribution in [0.4, 0.5) is 10.1 Å². The molecule has 0 aliphatic heterocycles. The minimum atomic E-state index is -0.326. The first kappa shape index (κ1) is 22.6. The SMILES string of the molecule is CCc1ccc(NC(=O)/C=C/c2cc(Br)c(OCc3ccccc3F)c(OC)c2)cc1. The summed E-state index contributed by atoms with van der Waals surface area (Å²) in [4.78, 5) is 12.2. The van der Waals surface area contributed by atoms with Gasteiger partial charge in [0, 0.05) is 17.3 Å². The van der Waals surface area contributed by atoms with Crippen LogP contribution in [0, 0.1) is 5.82 Å². The molecule has 1 amide bonds. The first-order valence-electron chi connectivity index (χ1n) is 9.82. The molecule has 3 aromatic rings. The minimum Gasteiger partial charge on any atom is -0.493 e. The number of nitrogens with one attached hydrogen (secondary N) is 1. The number of carbonyl (C=O) groups excluding carboxylic acids is 1. The molecule has 160 valence electrons. The Labute approximate surface area is 189 Å². The largest absolute Gasteiger partial charge is 0.493 e. The van der Waals surface area contributed by atoms with Crippen LogP contribution in [0.5, 0.6) is 11.5 Å². The molecule has 0 saturated heterocycles. The van der Waals surface area contributed by atoms with E-state index >= 15 is 0 Å². The van der Waals surface area contributed by atoms with Crippen molar-refractivity contribution in [3.05, 3.63) is 93.7 Å². The number of ether oxygens (including phenoxy) is 2. The summed E-state index contributed by atoms with van der Waals surface area (Å²) in [6, 6.07) is 17.7. The van der Waals surface area contributed by atoms with Gasteiger partial charge in [-0.3, -0.25) is 4.79 Å². The third-order valence-electron chi connectivity index (χ3n) is 4.64. The van der Waals surface area contributed by atoms with Gasteiger partial charge in [-0.25, -0.2) is 4.39 Å². The molecule has 0 fully saturated rings. The lowest BCUT2D eigenvalue weighted by Gasteiger charge is -2.14. The van der Waals surface area contributed by atoms with E-state index in [9.17, 15) is 9.18 Å². The average molecular weight is 484 g/mol. The lowest BCUT2D eigenvalue weighted by Crippen LogP contribution is -2.07. The van der Waals surface area contributed by atoms with Crippen LogP contribution in [-0.4, -0.2) is 13.0 Å². The van der Waals surface area contributed by atoms with Crippen LogP contribution < -0.4 is 14.8 Å². The zero-order valence-corrected chi connectivity index (χ0v) is 18.9. The maximum absolute atomic E-state index is 13.8. The average Bonchev–Trinajstić information content (AvgIpc) is 2.78. The third-order valence-corrected chi connectivity index (χ3v) is 5.23. The zero-order chi connectivity index (χ0) is 22.2. The summed E-state index contributed by atoms with van der Waals surface area (Å²) < 4.78 is 25.7. The highest BCUT2D eigenvalue weighted by Gasteiger charge is 2.12. The van der Waals surface area contributed by atoms with Crippen molar-refractivity contribution in [1.29, 1.82) is 0 Å². The Morgan fingerprint density at radius 1 is 1.13 bits per heavy atom. The van der Waals surface area contributed by atoms with Gasteiger partial charge in [0.05, 0.1) is 11.6 Å². The van der Waals surface area contributed by atoms with E-state index < -0.39 is 0 Å². The summed E-state index contributed by atoms with van der Waals surface area (Å²) >= 11 is 3.47. The van der Waals surface area contributed by atoms with Crippen molar-refractivity contribution in [1.82, 2.24) is 0 Å². The van der Waals surface area contributed by atoms with Crippen LogP contribution in [0.3, 0.4) is 0 Å². The highest BCUT2D eigenvalue weighted by atomic mass is 79.9. The van der Waals surface area contributed by atoms with Crippen molar-refractivity contribution in [2.45, 2.75) is 20.0 Å². The van der Waals surface area contributed by atoms with Gasteiger partial charge in [-0.2, -0.15) is 0 Å². The number of halogens is 2. The third kappa shape index (κ3) is 6.18. The molecular weight excluding hydrogens is 461 g/mol. The Bertz CT molecular complexity index is 1080. The van der Waals surface area contributed by atoms with Crippen molar-refractivity contribution in [3.63, 3.8) is 0 Å². The van der Waals surface area contributed by atoms with Gasteiger partial charge in [0.15, 0.2) is 11.5 Å². The van der Waals surface area contributed by atoms with Crippen molar-refractivity contribution < 1.29 is 18.7 Å². The monoisotopic (exact) mass is 483 g/mol. The van der Waals surface area contributed by atoms with Crippen LogP contribution in [0.1, 0.15) is 23.6 Å². The molecule has 0 aliphatic rings. The van der Waals surface area contributed by atoms with Crippen molar-refractivity contribution in [2.24, 2.45) is 0 Å². The fraction of sp³-hybridized carbons (Fsp3) is 0.160. The van der Waals surface area contributed by atoms with Gasteiger partial charge in [0.1, 0.15) is 12.4 Å².